The number of carbonyl (C=O) groups excluding carboxylic acids is 3. The van der Waals surface area contributed by atoms with E-state index >= 15 is 0 Å². The van der Waals surface area contributed by atoms with Gasteiger partial charge in [-0.05, 0) is 24.1 Å². The Balaban J connectivity index is 0.00000192. The maximum Gasteiger partial charge on any atom is 1.00 e. The second-order valence-electron chi connectivity index (χ2n) is 5.05. The summed E-state index contributed by atoms with van der Waals surface area (Å²) in [7, 11) is 0. The Kier molecular flexibility index (Phi) is 5.36. The van der Waals surface area contributed by atoms with Gasteiger partial charge < -0.3 is 9.90 Å². The number of hydrogen-bond donors (Lipinski definition) is 0. The third-order valence-electron chi connectivity index (χ3n) is 3.68. The first-order valence-corrected chi connectivity index (χ1v) is 6.81. The molecule has 0 spiro atoms. The minimum atomic E-state index is -1.45. The summed E-state index contributed by atoms with van der Waals surface area (Å²) in [5.74, 6) is -2.63. The zero-order chi connectivity index (χ0) is 15.7. The average Bonchev–Trinajstić information content (AvgIpc) is 2.78. The van der Waals surface area contributed by atoms with Crippen LogP contribution in [-0.4, -0.2) is 28.7 Å². The second-order valence-corrected chi connectivity index (χ2v) is 5.05. The van der Waals surface area contributed by atoms with Crippen LogP contribution in [0.4, 0.5) is 0 Å². The normalized spacial score (nSPS) is 14.2. The quantitative estimate of drug-likeness (QED) is 0.467. The van der Waals surface area contributed by atoms with Crippen LogP contribution in [0.5, 0.6) is 0 Å². The van der Waals surface area contributed by atoms with E-state index in [1.165, 1.54) is 12.1 Å². The van der Waals surface area contributed by atoms with Crippen LogP contribution in [0.25, 0.3) is 0 Å². The van der Waals surface area contributed by atoms with Crippen molar-refractivity contribution in [1.82, 2.24) is 4.90 Å². The van der Waals surface area contributed by atoms with Gasteiger partial charge in [0.05, 0.1) is 23.1 Å². The molecule has 1 unspecified atom stereocenters. The number of aliphatic carboxylic acids is 1. The Hall–Kier alpha value is -1.95. The zero-order valence-electron chi connectivity index (χ0n) is 12.6. The summed E-state index contributed by atoms with van der Waals surface area (Å²) in [5, 5.41) is 11.5. The predicted molar refractivity (Wildman–Crippen MR) is 75.9 cm³/mol. The molecule has 110 valence electrons. The maximum atomic E-state index is 12.4. The van der Waals surface area contributed by atoms with Crippen molar-refractivity contribution in [1.29, 1.82) is 0 Å². The fourth-order valence-electron chi connectivity index (χ4n) is 2.61. The van der Waals surface area contributed by atoms with Crippen LogP contribution in [0.1, 0.15) is 26.3 Å². The molecule has 3 rings (SSSR count). The summed E-state index contributed by atoms with van der Waals surface area (Å²) < 4.78 is 0. The monoisotopic (exact) mass is 317 g/mol. The van der Waals surface area contributed by atoms with E-state index in [0.717, 1.165) is 4.90 Å². The summed E-state index contributed by atoms with van der Waals surface area (Å²) in [6.07, 6.45) is 0.0225. The third-order valence-corrected chi connectivity index (χ3v) is 3.68. The zero-order valence-corrected chi connectivity index (χ0v) is 14.6. The molecule has 0 N–H and O–H groups in total. The fraction of sp³-hybridized carbons (Fsp3) is 0.118. The number of nitrogens with zero attached hydrogens (tertiary/aromatic N) is 1. The fourth-order valence-corrected chi connectivity index (χ4v) is 2.61. The van der Waals surface area contributed by atoms with Gasteiger partial charge in [-0.3, -0.25) is 14.5 Å². The van der Waals surface area contributed by atoms with Gasteiger partial charge in [-0.15, -0.1) is 0 Å². The van der Waals surface area contributed by atoms with Crippen LogP contribution < -0.4 is 34.7 Å². The van der Waals surface area contributed by atoms with Crippen molar-refractivity contribution in [3.63, 3.8) is 0 Å². The molecular formula is C17H12NNaO4. The number of imide groups is 1. The van der Waals surface area contributed by atoms with Crippen LogP contribution in [-0.2, 0) is 11.2 Å². The minimum Gasteiger partial charge on any atom is -0.548 e. The summed E-state index contributed by atoms with van der Waals surface area (Å²) in [6, 6.07) is 13.8. The van der Waals surface area contributed by atoms with E-state index in [0.29, 0.717) is 5.56 Å². The molecular weight excluding hydrogens is 305 g/mol. The molecule has 1 aliphatic rings. The predicted octanol–water partition coefficient (Wildman–Crippen LogP) is -2.35. The molecule has 0 radical (unpaired) electrons. The van der Waals surface area contributed by atoms with E-state index in [1.807, 2.05) is 0 Å². The van der Waals surface area contributed by atoms with Crippen molar-refractivity contribution in [3.05, 3.63) is 71.3 Å². The molecule has 23 heavy (non-hydrogen) atoms. The van der Waals surface area contributed by atoms with Gasteiger partial charge in [0.15, 0.2) is 0 Å². The first kappa shape index (κ1) is 17.4. The Morgan fingerprint density at radius 3 is 1.87 bits per heavy atom. The van der Waals surface area contributed by atoms with Gasteiger partial charge in [-0.25, -0.2) is 0 Å². The molecule has 1 atom stereocenters. The van der Waals surface area contributed by atoms with Crippen LogP contribution in [0, 0.1) is 0 Å². The summed E-state index contributed by atoms with van der Waals surface area (Å²) in [6.45, 7) is 0. The van der Waals surface area contributed by atoms with Gasteiger partial charge in [0, 0.05) is 0 Å². The van der Waals surface area contributed by atoms with E-state index in [9.17, 15) is 19.5 Å². The van der Waals surface area contributed by atoms with Crippen LogP contribution in [0.2, 0.25) is 0 Å². The topological polar surface area (TPSA) is 77.5 Å². The standard InChI is InChI=1S/C17H13NO4.Na/c19-15-12-8-4-5-9-13(12)16(20)18(15)14(17(21)22)10-11-6-2-1-3-7-11;/h1-9,14H,10H2,(H,21,22);/q;+1/p-1. The van der Waals surface area contributed by atoms with Gasteiger partial charge in [0.2, 0.25) is 0 Å². The van der Waals surface area contributed by atoms with Gasteiger partial charge in [0.1, 0.15) is 0 Å². The van der Waals surface area contributed by atoms with Gasteiger partial charge in [0.25, 0.3) is 11.8 Å². The number of carboxylic acid groups (broad SMARTS) is 1. The van der Waals surface area contributed by atoms with E-state index in [2.05, 4.69) is 0 Å². The molecule has 6 heteroatoms. The van der Waals surface area contributed by atoms with Crippen LogP contribution >= 0.6 is 0 Å². The molecule has 5 nitrogen and oxygen atoms in total. The Morgan fingerprint density at radius 2 is 1.39 bits per heavy atom. The molecule has 1 heterocycles. The van der Waals surface area contributed by atoms with Crippen molar-refractivity contribution < 1.29 is 49.0 Å². The summed E-state index contributed by atoms with van der Waals surface area (Å²) in [4.78, 5) is 37.0. The number of fused-ring (bicyclic) bond motifs is 1. The van der Waals surface area contributed by atoms with Gasteiger partial charge in [-0.2, -0.15) is 0 Å². The Labute approximate surface area is 155 Å². The first-order chi connectivity index (χ1) is 10.6. The van der Waals surface area contributed by atoms with E-state index < -0.39 is 23.8 Å². The molecule has 1 aliphatic heterocycles. The molecule has 2 aromatic rings. The minimum absolute atomic E-state index is 0. The number of carbonyl (C=O) groups is 3. The maximum absolute atomic E-state index is 12.4. The Morgan fingerprint density at radius 1 is 0.913 bits per heavy atom. The average molecular weight is 317 g/mol. The molecule has 0 bridgehead atoms. The summed E-state index contributed by atoms with van der Waals surface area (Å²) >= 11 is 0. The Bertz CT molecular complexity index is 725. The molecule has 0 saturated carbocycles. The van der Waals surface area contributed by atoms with E-state index in [4.69, 9.17) is 0 Å². The van der Waals surface area contributed by atoms with Crippen molar-refractivity contribution >= 4 is 17.8 Å². The summed E-state index contributed by atoms with van der Waals surface area (Å²) in [5.41, 5.74) is 1.17. The molecule has 0 aromatic heterocycles. The van der Waals surface area contributed by atoms with Gasteiger partial charge >= 0.3 is 29.6 Å². The third kappa shape index (κ3) is 3.22. The first-order valence-electron chi connectivity index (χ1n) is 6.81. The number of hydrogen-bond acceptors (Lipinski definition) is 4. The van der Waals surface area contributed by atoms with Gasteiger partial charge in [-0.1, -0.05) is 42.5 Å². The molecule has 0 fully saturated rings. The number of amides is 2. The molecule has 0 aliphatic carbocycles. The van der Waals surface area contributed by atoms with E-state index in [1.54, 1.807) is 42.5 Å². The molecule has 0 saturated heterocycles. The largest absolute Gasteiger partial charge is 1.00 e. The number of rotatable bonds is 4. The number of benzene rings is 2. The van der Waals surface area contributed by atoms with Crippen LogP contribution in [0.3, 0.4) is 0 Å². The smallest absolute Gasteiger partial charge is 0.548 e. The van der Waals surface area contributed by atoms with Crippen molar-refractivity contribution in [2.75, 3.05) is 0 Å². The number of carboxylic acids is 1. The SMILES string of the molecule is O=C([O-])C(Cc1ccccc1)N1C(=O)c2ccccc2C1=O.[Na+]. The van der Waals surface area contributed by atoms with E-state index in [-0.39, 0.29) is 47.1 Å². The second kappa shape index (κ2) is 7.08. The molecule has 2 amide bonds. The molecule has 2 aromatic carbocycles. The van der Waals surface area contributed by atoms with Crippen molar-refractivity contribution in [2.45, 2.75) is 12.5 Å². The van der Waals surface area contributed by atoms with Crippen LogP contribution in [0.15, 0.2) is 54.6 Å². The van der Waals surface area contributed by atoms with Crippen molar-refractivity contribution in [2.24, 2.45) is 0 Å². The van der Waals surface area contributed by atoms with Crippen molar-refractivity contribution in [3.8, 4) is 0 Å².